The van der Waals surface area contributed by atoms with E-state index in [2.05, 4.69) is 41.3 Å². The molecule has 0 saturated heterocycles. The number of benzene rings is 1. The molecule has 0 spiro atoms. The highest BCUT2D eigenvalue weighted by Crippen LogP contribution is 2.17. The van der Waals surface area contributed by atoms with Crippen molar-refractivity contribution in [2.24, 2.45) is 0 Å². The first-order valence-corrected chi connectivity index (χ1v) is 4.88. The van der Waals surface area contributed by atoms with Crippen LogP contribution in [0.4, 0.5) is 5.69 Å². The molecule has 0 atom stereocenters. The SMILES string of the molecule is Cc1nc2ccc(NC(C)C)cc2[nH]1. The average Bonchev–Trinajstić information content (AvgIpc) is 2.42. The van der Waals surface area contributed by atoms with Crippen LogP contribution in [-0.2, 0) is 0 Å². The predicted octanol–water partition coefficient (Wildman–Crippen LogP) is 2.69. The largest absolute Gasteiger partial charge is 0.383 e. The van der Waals surface area contributed by atoms with Crippen LogP contribution < -0.4 is 5.32 Å². The quantitative estimate of drug-likeness (QED) is 0.762. The topological polar surface area (TPSA) is 40.7 Å². The summed E-state index contributed by atoms with van der Waals surface area (Å²) in [4.78, 5) is 7.57. The van der Waals surface area contributed by atoms with Gasteiger partial charge in [-0.25, -0.2) is 4.98 Å². The van der Waals surface area contributed by atoms with Crippen molar-refractivity contribution < 1.29 is 0 Å². The zero-order valence-corrected chi connectivity index (χ0v) is 8.76. The second kappa shape index (κ2) is 3.33. The number of nitrogens with one attached hydrogen (secondary N) is 2. The Kier molecular flexibility index (Phi) is 2.15. The first kappa shape index (κ1) is 9.06. The first-order chi connectivity index (χ1) is 6.65. The molecule has 0 amide bonds. The molecule has 0 aliphatic heterocycles. The van der Waals surface area contributed by atoms with Crippen LogP contribution in [0.5, 0.6) is 0 Å². The van der Waals surface area contributed by atoms with E-state index in [0.29, 0.717) is 6.04 Å². The number of hydrogen-bond donors (Lipinski definition) is 2. The van der Waals surface area contributed by atoms with Gasteiger partial charge in [0.05, 0.1) is 11.0 Å². The van der Waals surface area contributed by atoms with E-state index in [1.54, 1.807) is 0 Å². The summed E-state index contributed by atoms with van der Waals surface area (Å²) in [5.41, 5.74) is 3.25. The summed E-state index contributed by atoms with van der Waals surface area (Å²) >= 11 is 0. The third-order valence-electron chi connectivity index (χ3n) is 2.06. The highest BCUT2D eigenvalue weighted by Gasteiger charge is 2.01. The van der Waals surface area contributed by atoms with E-state index in [1.807, 2.05) is 13.0 Å². The smallest absolute Gasteiger partial charge is 0.104 e. The van der Waals surface area contributed by atoms with Crippen LogP contribution >= 0.6 is 0 Å². The summed E-state index contributed by atoms with van der Waals surface area (Å²) in [6.07, 6.45) is 0. The second-order valence-electron chi connectivity index (χ2n) is 3.85. The minimum atomic E-state index is 0.455. The van der Waals surface area contributed by atoms with Gasteiger partial charge < -0.3 is 10.3 Å². The summed E-state index contributed by atoms with van der Waals surface area (Å²) in [5, 5.41) is 3.36. The van der Waals surface area contributed by atoms with E-state index in [-0.39, 0.29) is 0 Å². The zero-order valence-electron chi connectivity index (χ0n) is 8.76. The maximum Gasteiger partial charge on any atom is 0.104 e. The van der Waals surface area contributed by atoms with Crippen molar-refractivity contribution in [1.29, 1.82) is 0 Å². The molecule has 0 bridgehead atoms. The van der Waals surface area contributed by atoms with Crippen molar-refractivity contribution in [3.05, 3.63) is 24.0 Å². The third-order valence-corrected chi connectivity index (χ3v) is 2.06. The Morgan fingerprint density at radius 3 is 2.86 bits per heavy atom. The molecule has 2 N–H and O–H groups in total. The van der Waals surface area contributed by atoms with Crippen molar-refractivity contribution in [3.63, 3.8) is 0 Å². The molecule has 2 aromatic rings. The van der Waals surface area contributed by atoms with Crippen molar-refractivity contribution in [2.45, 2.75) is 26.8 Å². The van der Waals surface area contributed by atoms with E-state index in [1.165, 1.54) is 0 Å². The number of hydrogen-bond acceptors (Lipinski definition) is 2. The molecule has 0 fully saturated rings. The molecule has 1 heterocycles. The molecule has 0 saturated carbocycles. The highest BCUT2D eigenvalue weighted by molar-refractivity contribution is 5.79. The standard InChI is InChI=1S/C11H15N3/c1-7(2)12-9-4-5-10-11(6-9)14-8(3)13-10/h4-7,12H,1-3H3,(H,13,14). The van der Waals surface area contributed by atoms with Crippen LogP contribution in [0.15, 0.2) is 18.2 Å². The Bertz CT molecular complexity index is 443. The number of aryl methyl sites for hydroxylation is 1. The summed E-state index contributed by atoms with van der Waals surface area (Å²) in [5.74, 6) is 0.960. The van der Waals surface area contributed by atoms with Crippen LogP contribution in [0, 0.1) is 6.92 Å². The van der Waals surface area contributed by atoms with Gasteiger partial charge in [-0.2, -0.15) is 0 Å². The highest BCUT2D eigenvalue weighted by atomic mass is 14.9. The normalized spacial score (nSPS) is 11.1. The molecule has 3 heteroatoms. The molecule has 14 heavy (non-hydrogen) atoms. The third kappa shape index (κ3) is 1.71. The number of rotatable bonds is 2. The molecule has 2 rings (SSSR count). The number of imidazole rings is 1. The predicted molar refractivity (Wildman–Crippen MR) is 59.6 cm³/mol. The number of H-pyrrole nitrogens is 1. The van der Waals surface area contributed by atoms with Crippen LogP contribution in [0.1, 0.15) is 19.7 Å². The Hall–Kier alpha value is -1.51. The molecule has 0 aliphatic rings. The van der Waals surface area contributed by atoms with Gasteiger partial charge in [0, 0.05) is 11.7 Å². The number of nitrogens with zero attached hydrogens (tertiary/aromatic N) is 1. The lowest BCUT2D eigenvalue weighted by Crippen LogP contribution is -2.09. The van der Waals surface area contributed by atoms with Crippen LogP contribution in [0.3, 0.4) is 0 Å². The van der Waals surface area contributed by atoms with Crippen molar-refractivity contribution in [3.8, 4) is 0 Å². The number of anilines is 1. The maximum absolute atomic E-state index is 4.35. The molecule has 1 aromatic heterocycles. The lowest BCUT2D eigenvalue weighted by Gasteiger charge is -2.08. The van der Waals surface area contributed by atoms with E-state index in [0.717, 1.165) is 22.5 Å². The molecule has 0 unspecified atom stereocenters. The van der Waals surface area contributed by atoms with Gasteiger partial charge in [-0.15, -0.1) is 0 Å². The molecule has 0 radical (unpaired) electrons. The van der Waals surface area contributed by atoms with Gasteiger partial charge in [0.15, 0.2) is 0 Å². The molecule has 3 nitrogen and oxygen atoms in total. The van der Waals surface area contributed by atoms with E-state index in [9.17, 15) is 0 Å². The van der Waals surface area contributed by atoms with E-state index >= 15 is 0 Å². The molecule has 1 aromatic carbocycles. The molecular weight excluding hydrogens is 174 g/mol. The summed E-state index contributed by atoms with van der Waals surface area (Å²) < 4.78 is 0. The van der Waals surface area contributed by atoms with Gasteiger partial charge >= 0.3 is 0 Å². The molecular formula is C11H15N3. The van der Waals surface area contributed by atoms with Crippen LogP contribution in [0.2, 0.25) is 0 Å². The van der Waals surface area contributed by atoms with Crippen LogP contribution in [-0.4, -0.2) is 16.0 Å². The minimum Gasteiger partial charge on any atom is -0.383 e. The first-order valence-electron chi connectivity index (χ1n) is 4.88. The minimum absolute atomic E-state index is 0.455. The van der Waals surface area contributed by atoms with Gasteiger partial charge in [0.25, 0.3) is 0 Å². The summed E-state index contributed by atoms with van der Waals surface area (Å²) in [7, 11) is 0. The monoisotopic (exact) mass is 189 g/mol. The van der Waals surface area contributed by atoms with E-state index in [4.69, 9.17) is 0 Å². The van der Waals surface area contributed by atoms with Crippen molar-refractivity contribution >= 4 is 16.7 Å². The Balaban J connectivity index is 2.40. The lowest BCUT2D eigenvalue weighted by molar-refractivity contribution is 0.900. The Morgan fingerprint density at radius 2 is 2.14 bits per heavy atom. The fourth-order valence-corrected chi connectivity index (χ4v) is 1.56. The summed E-state index contributed by atoms with van der Waals surface area (Å²) in [6.45, 7) is 6.22. The van der Waals surface area contributed by atoms with Crippen molar-refractivity contribution in [1.82, 2.24) is 9.97 Å². The number of aromatic amines is 1. The van der Waals surface area contributed by atoms with Gasteiger partial charge in [0.2, 0.25) is 0 Å². The number of fused-ring (bicyclic) bond motifs is 1. The second-order valence-corrected chi connectivity index (χ2v) is 3.85. The van der Waals surface area contributed by atoms with Crippen LogP contribution in [0.25, 0.3) is 11.0 Å². The maximum atomic E-state index is 4.35. The number of aromatic nitrogens is 2. The molecule has 74 valence electrons. The van der Waals surface area contributed by atoms with Gasteiger partial charge in [-0.1, -0.05) is 0 Å². The van der Waals surface area contributed by atoms with E-state index < -0.39 is 0 Å². The van der Waals surface area contributed by atoms with Gasteiger partial charge in [0.1, 0.15) is 5.82 Å². The molecule has 0 aliphatic carbocycles. The summed E-state index contributed by atoms with van der Waals surface area (Å²) in [6, 6.07) is 6.64. The fraction of sp³-hybridized carbons (Fsp3) is 0.364. The van der Waals surface area contributed by atoms with Crippen molar-refractivity contribution in [2.75, 3.05) is 5.32 Å². The van der Waals surface area contributed by atoms with Gasteiger partial charge in [-0.05, 0) is 39.0 Å². The Labute approximate surface area is 83.6 Å². The zero-order chi connectivity index (χ0) is 10.1. The fourth-order valence-electron chi connectivity index (χ4n) is 1.56. The average molecular weight is 189 g/mol. The van der Waals surface area contributed by atoms with Gasteiger partial charge in [-0.3, -0.25) is 0 Å². The lowest BCUT2D eigenvalue weighted by atomic mass is 10.2. The Morgan fingerprint density at radius 1 is 1.36 bits per heavy atom.